The summed E-state index contributed by atoms with van der Waals surface area (Å²) in [7, 11) is 0. The summed E-state index contributed by atoms with van der Waals surface area (Å²) < 4.78 is 1.02. The van der Waals surface area contributed by atoms with Crippen LogP contribution in [0.25, 0.3) is 0 Å². The summed E-state index contributed by atoms with van der Waals surface area (Å²) in [5.74, 6) is 1.24. The minimum Gasteiger partial charge on any atom is -0.399 e. The van der Waals surface area contributed by atoms with Gasteiger partial charge in [0.05, 0.1) is 0 Å². The molecule has 2 nitrogen and oxygen atoms in total. The Bertz CT molecular complexity index is 306. The summed E-state index contributed by atoms with van der Waals surface area (Å²) in [6, 6.07) is 5.77. The summed E-state index contributed by atoms with van der Waals surface area (Å²) in [5.41, 5.74) is 6.39. The molecule has 0 aliphatic carbocycles. The Morgan fingerprint density at radius 2 is 2.29 bits per heavy atom. The molecule has 4 heteroatoms. The number of halogens is 1. The maximum absolute atomic E-state index is 8.88. The van der Waals surface area contributed by atoms with Crippen molar-refractivity contribution in [3.63, 3.8) is 0 Å². The fraction of sp³-hybridized carbons (Fsp3) is 0.400. The van der Waals surface area contributed by atoms with Crippen LogP contribution in [0, 0.1) is 5.92 Å². The molecule has 0 bridgehead atoms. The number of nitrogen functional groups attached to an aromatic ring is 1. The molecule has 78 valence electrons. The van der Waals surface area contributed by atoms with Gasteiger partial charge in [-0.15, -0.1) is 11.8 Å². The van der Waals surface area contributed by atoms with Crippen LogP contribution < -0.4 is 5.73 Å². The van der Waals surface area contributed by atoms with Crippen molar-refractivity contribution in [2.45, 2.75) is 11.8 Å². The normalized spacial score (nSPS) is 12.8. The van der Waals surface area contributed by atoms with E-state index in [1.54, 1.807) is 11.8 Å². The lowest BCUT2D eigenvalue weighted by molar-refractivity contribution is 0.250. The highest BCUT2D eigenvalue weighted by atomic mass is 79.9. The zero-order chi connectivity index (χ0) is 10.6. The molecule has 0 aromatic heterocycles. The third-order valence-electron chi connectivity index (χ3n) is 1.79. The van der Waals surface area contributed by atoms with Gasteiger partial charge in [0.2, 0.25) is 0 Å². The van der Waals surface area contributed by atoms with E-state index in [0.29, 0.717) is 5.92 Å². The number of aliphatic hydroxyl groups excluding tert-OH is 1. The van der Waals surface area contributed by atoms with Crippen LogP contribution in [0.4, 0.5) is 5.69 Å². The second-order valence-electron chi connectivity index (χ2n) is 3.29. The van der Waals surface area contributed by atoms with Crippen LogP contribution in [0.1, 0.15) is 6.92 Å². The highest BCUT2D eigenvalue weighted by Gasteiger charge is 2.04. The maximum Gasteiger partial charge on any atom is 0.0464 e. The van der Waals surface area contributed by atoms with Gasteiger partial charge in [-0.3, -0.25) is 0 Å². The standard InChI is InChI=1S/C10H14BrNOS/c1-7(5-13)6-14-10-3-2-8(12)4-9(10)11/h2-4,7,13H,5-6,12H2,1H3. The van der Waals surface area contributed by atoms with Crippen LogP contribution in [0.3, 0.4) is 0 Å². The zero-order valence-corrected chi connectivity index (χ0v) is 10.4. The van der Waals surface area contributed by atoms with E-state index in [4.69, 9.17) is 10.8 Å². The van der Waals surface area contributed by atoms with Crippen molar-refractivity contribution in [1.29, 1.82) is 0 Å². The molecule has 0 amide bonds. The van der Waals surface area contributed by atoms with E-state index in [1.807, 2.05) is 25.1 Å². The van der Waals surface area contributed by atoms with Gasteiger partial charge in [-0.2, -0.15) is 0 Å². The van der Waals surface area contributed by atoms with Gasteiger partial charge < -0.3 is 10.8 Å². The Morgan fingerprint density at radius 1 is 1.57 bits per heavy atom. The van der Waals surface area contributed by atoms with Gasteiger partial charge in [-0.05, 0) is 40.0 Å². The Kier molecular flexibility index (Phi) is 4.78. The average molecular weight is 276 g/mol. The molecule has 0 aliphatic rings. The quantitative estimate of drug-likeness (QED) is 0.656. The molecular formula is C10H14BrNOS. The highest BCUT2D eigenvalue weighted by molar-refractivity contribution is 9.10. The van der Waals surface area contributed by atoms with Crippen molar-refractivity contribution in [3.8, 4) is 0 Å². The molecule has 1 aromatic rings. The lowest BCUT2D eigenvalue weighted by Crippen LogP contribution is -2.03. The third-order valence-corrected chi connectivity index (χ3v) is 4.11. The lowest BCUT2D eigenvalue weighted by Gasteiger charge is -2.08. The number of rotatable bonds is 4. The second-order valence-corrected chi connectivity index (χ2v) is 5.20. The molecule has 14 heavy (non-hydrogen) atoms. The van der Waals surface area contributed by atoms with Crippen LogP contribution in [0.2, 0.25) is 0 Å². The van der Waals surface area contributed by atoms with Crippen LogP contribution in [0.15, 0.2) is 27.6 Å². The van der Waals surface area contributed by atoms with E-state index in [0.717, 1.165) is 15.9 Å². The summed E-state index contributed by atoms with van der Waals surface area (Å²) in [6.07, 6.45) is 0. The van der Waals surface area contributed by atoms with Crippen LogP contribution >= 0.6 is 27.7 Å². The van der Waals surface area contributed by atoms with Gasteiger partial charge in [-0.1, -0.05) is 6.92 Å². The van der Waals surface area contributed by atoms with E-state index in [2.05, 4.69) is 15.9 Å². The smallest absolute Gasteiger partial charge is 0.0464 e. The minimum absolute atomic E-state index is 0.236. The molecule has 3 N–H and O–H groups in total. The number of thioether (sulfide) groups is 1. The lowest BCUT2D eigenvalue weighted by atomic mass is 10.2. The second kappa shape index (κ2) is 5.63. The summed E-state index contributed by atoms with van der Waals surface area (Å²) in [5, 5.41) is 8.88. The van der Waals surface area contributed by atoms with Crippen LogP contribution in [0.5, 0.6) is 0 Å². The van der Waals surface area contributed by atoms with E-state index >= 15 is 0 Å². The van der Waals surface area contributed by atoms with Crippen LogP contribution in [-0.2, 0) is 0 Å². The number of nitrogens with two attached hydrogens (primary N) is 1. The van der Waals surface area contributed by atoms with Gasteiger partial charge >= 0.3 is 0 Å². The number of aliphatic hydroxyl groups is 1. The van der Waals surface area contributed by atoms with Gasteiger partial charge in [0, 0.05) is 27.4 Å². The number of hydrogen-bond donors (Lipinski definition) is 2. The predicted octanol–water partition coefficient (Wildman–Crippen LogP) is 2.75. The van der Waals surface area contributed by atoms with E-state index in [9.17, 15) is 0 Å². The average Bonchev–Trinajstić information content (AvgIpc) is 2.16. The van der Waals surface area contributed by atoms with Crippen molar-refractivity contribution in [2.24, 2.45) is 5.92 Å². The van der Waals surface area contributed by atoms with Crippen molar-refractivity contribution in [3.05, 3.63) is 22.7 Å². The highest BCUT2D eigenvalue weighted by Crippen LogP contribution is 2.30. The number of benzene rings is 1. The summed E-state index contributed by atoms with van der Waals surface area (Å²) >= 11 is 5.18. The van der Waals surface area contributed by atoms with Crippen molar-refractivity contribution in [1.82, 2.24) is 0 Å². The molecule has 0 heterocycles. The number of anilines is 1. The van der Waals surface area contributed by atoms with E-state index in [-0.39, 0.29) is 6.61 Å². The van der Waals surface area contributed by atoms with E-state index < -0.39 is 0 Å². The number of hydrogen-bond acceptors (Lipinski definition) is 3. The topological polar surface area (TPSA) is 46.2 Å². The molecule has 0 saturated carbocycles. The molecule has 0 spiro atoms. The molecule has 1 rings (SSSR count). The summed E-state index contributed by atoms with van der Waals surface area (Å²) in [4.78, 5) is 1.17. The first-order valence-corrected chi connectivity index (χ1v) is 6.20. The molecular weight excluding hydrogens is 262 g/mol. The summed E-state index contributed by atoms with van der Waals surface area (Å²) in [6.45, 7) is 2.26. The minimum atomic E-state index is 0.236. The van der Waals surface area contributed by atoms with Gasteiger partial charge in [0.25, 0.3) is 0 Å². The van der Waals surface area contributed by atoms with Crippen molar-refractivity contribution >= 4 is 33.4 Å². The van der Waals surface area contributed by atoms with Crippen molar-refractivity contribution in [2.75, 3.05) is 18.1 Å². The zero-order valence-electron chi connectivity index (χ0n) is 8.03. The molecule has 1 unspecified atom stereocenters. The van der Waals surface area contributed by atoms with Gasteiger partial charge in [0.15, 0.2) is 0 Å². The van der Waals surface area contributed by atoms with E-state index in [1.165, 1.54) is 4.90 Å². The van der Waals surface area contributed by atoms with Gasteiger partial charge in [0.1, 0.15) is 0 Å². The largest absolute Gasteiger partial charge is 0.399 e. The Hall–Kier alpha value is -0.190. The molecule has 0 aliphatic heterocycles. The first-order valence-electron chi connectivity index (χ1n) is 4.42. The molecule has 0 radical (unpaired) electrons. The fourth-order valence-corrected chi connectivity index (χ4v) is 2.59. The monoisotopic (exact) mass is 275 g/mol. The molecule has 1 atom stereocenters. The third kappa shape index (κ3) is 3.52. The molecule has 0 fully saturated rings. The van der Waals surface area contributed by atoms with Crippen LogP contribution in [-0.4, -0.2) is 17.5 Å². The first-order chi connectivity index (χ1) is 6.63. The first kappa shape index (κ1) is 11.9. The van der Waals surface area contributed by atoms with Crippen molar-refractivity contribution < 1.29 is 5.11 Å². The Balaban J connectivity index is 2.59. The maximum atomic E-state index is 8.88. The molecule has 0 saturated heterocycles. The fourth-order valence-electron chi connectivity index (χ4n) is 0.919. The SMILES string of the molecule is CC(CO)CSc1ccc(N)cc1Br. The Morgan fingerprint density at radius 3 is 2.86 bits per heavy atom. The van der Waals surface area contributed by atoms with Gasteiger partial charge in [-0.25, -0.2) is 0 Å². The molecule has 1 aromatic carbocycles. The predicted molar refractivity (Wildman–Crippen MR) is 65.5 cm³/mol. The Labute approximate surface area is 97.0 Å².